The van der Waals surface area contributed by atoms with Gasteiger partial charge in [-0.05, 0) is 43.7 Å². The van der Waals surface area contributed by atoms with Crippen molar-refractivity contribution in [2.24, 2.45) is 21.7 Å². The minimum Gasteiger partial charge on any atom is -0.483 e. The fourth-order valence-corrected chi connectivity index (χ4v) is 1.64. The van der Waals surface area contributed by atoms with E-state index in [9.17, 15) is 0 Å². The molecule has 5 heteroatoms. The molecule has 0 bridgehead atoms. The van der Waals surface area contributed by atoms with Gasteiger partial charge >= 0.3 is 0 Å². The predicted molar refractivity (Wildman–Crippen MR) is 73.6 cm³/mol. The predicted octanol–water partition coefficient (Wildman–Crippen LogP) is 1.48. The van der Waals surface area contributed by atoms with Crippen LogP contribution >= 0.6 is 0 Å². The summed E-state index contributed by atoms with van der Waals surface area (Å²) < 4.78 is 5.82. The van der Waals surface area contributed by atoms with Crippen molar-refractivity contribution in [3.8, 4) is 5.75 Å². The summed E-state index contributed by atoms with van der Waals surface area (Å²) in [6.45, 7) is 4.03. The molecule has 0 spiro atoms. The van der Waals surface area contributed by atoms with Crippen molar-refractivity contribution in [2.45, 2.75) is 19.4 Å². The molecule has 1 heterocycles. The molecule has 0 amide bonds. The summed E-state index contributed by atoms with van der Waals surface area (Å²) in [6, 6.07) is 5.78. The number of guanidine groups is 1. The molecular weight excluding hydrogens is 228 g/mol. The van der Waals surface area contributed by atoms with Gasteiger partial charge in [0.15, 0.2) is 0 Å². The van der Waals surface area contributed by atoms with Gasteiger partial charge in [0.05, 0.1) is 6.21 Å². The molecule has 1 aliphatic heterocycles. The molecule has 0 saturated carbocycles. The molecule has 5 nitrogen and oxygen atoms in total. The maximum Gasteiger partial charge on any atom is 0.211 e. The molecule has 0 aromatic heterocycles. The minimum atomic E-state index is -0.263. The Morgan fingerprint density at radius 3 is 2.83 bits per heavy atom. The van der Waals surface area contributed by atoms with E-state index >= 15 is 0 Å². The number of nitrogens with zero attached hydrogens (tertiary/aromatic N) is 2. The average molecular weight is 244 g/mol. The molecule has 1 aliphatic rings. The van der Waals surface area contributed by atoms with Gasteiger partial charge < -0.3 is 16.2 Å². The first-order valence-electron chi connectivity index (χ1n) is 5.60. The molecule has 94 valence electrons. The van der Waals surface area contributed by atoms with Gasteiger partial charge in [-0.1, -0.05) is 6.08 Å². The molecule has 1 aromatic rings. The lowest BCUT2D eigenvalue weighted by atomic mass is 10.0. The molecule has 0 aliphatic carbocycles. The zero-order valence-electron chi connectivity index (χ0n) is 10.4. The normalized spacial score (nSPS) is 16.1. The summed E-state index contributed by atoms with van der Waals surface area (Å²) in [6.07, 6.45) is 5.65. The highest BCUT2D eigenvalue weighted by atomic mass is 16.5. The first-order chi connectivity index (χ1) is 8.46. The maximum atomic E-state index is 5.82. The molecule has 0 unspecified atom stereocenters. The lowest BCUT2D eigenvalue weighted by Gasteiger charge is -2.27. The van der Waals surface area contributed by atoms with Crippen molar-refractivity contribution in [3.05, 3.63) is 35.4 Å². The summed E-state index contributed by atoms with van der Waals surface area (Å²) in [5.41, 5.74) is 12.0. The molecule has 0 saturated heterocycles. The molecule has 2 rings (SSSR count). The quantitative estimate of drug-likeness (QED) is 0.469. The lowest BCUT2D eigenvalue weighted by Crippen LogP contribution is -2.27. The first kappa shape index (κ1) is 12.2. The number of rotatable bonds is 2. The smallest absolute Gasteiger partial charge is 0.211 e. The number of nitrogens with two attached hydrogens (primary N) is 2. The van der Waals surface area contributed by atoms with E-state index in [2.05, 4.69) is 10.2 Å². The minimum absolute atomic E-state index is 0.0609. The van der Waals surface area contributed by atoms with Gasteiger partial charge in [0, 0.05) is 5.56 Å². The van der Waals surface area contributed by atoms with Crippen molar-refractivity contribution >= 4 is 18.3 Å². The van der Waals surface area contributed by atoms with E-state index in [4.69, 9.17) is 16.2 Å². The van der Waals surface area contributed by atoms with Crippen molar-refractivity contribution in [1.82, 2.24) is 0 Å². The van der Waals surface area contributed by atoms with Crippen LogP contribution in [-0.4, -0.2) is 17.8 Å². The summed E-state index contributed by atoms with van der Waals surface area (Å²) >= 11 is 0. The monoisotopic (exact) mass is 244 g/mol. The van der Waals surface area contributed by atoms with Crippen LogP contribution in [0.15, 0.2) is 34.5 Å². The van der Waals surface area contributed by atoms with Gasteiger partial charge in [0.25, 0.3) is 0 Å². The van der Waals surface area contributed by atoms with E-state index in [0.717, 1.165) is 16.9 Å². The van der Waals surface area contributed by atoms with Crippen LogP contribution in [-0.2, 0) is 0 Å². The van der Waals surface area contributed by atoms with Gasteiger partial charge in [-0.15, -0.1) is 5.10 Å². The number of benzene rings is 1. The highest BCUT2D eigenvalue weighted by Gasteiger charge is 2.21. The number of fused-ring (bicyclic) bond motifs is 1. The third kappa shape index (κ3) is 2.88. The van der Waals surface area contributed by atoms with Gasteiger partial charge in [-0.3, -0.25) is 0 Å². The van der Waals surface area contributed by atoms with Crippen LogP contribution in [0.4, 0.5) is 0 Å². The topological polar surface area (TPSA) is 86.0 Å². The highest BCUT2D eigenvalue weighted by molar-refractivity contribution is 5.83. The van der Waals surface area contributed by atoms with Gasteiger partial charge in [-0.2, -0.15) is 5.10 Å². The number of hydrogen-bond acceptors (Lipinski definition) is 3. The Balaban J connectivity index is 2.24. The van der Waals surface area contributed by atoms with E-state index in [1.165, 1.54) is 0 Å². The average Bonchev–Trinajstić information content (AvgIpc) is 2.28. The van der Waals surface area contributed by atoms with Crippen LogP contribution in [0.2, 0.25) is 0 Å². The van der Waals surface area contributed by atoms with Crippen molar-refractivity contribution < 1.29 is 4.74 Å². The number of hydrogen-bond donors (Lipinski definition) is 2. The van der Waals surface area contributed by atoms with Crippen LogP contribution in [0, 0.1) is 0 Å². The van der Waals surface area contributed by atoms with E-state index in [0.29, 0.717) is 0 Å². The fourth-order valence-electron chi connectivity index (χ4n) is 1.64. The van der Waals surface area contributed by atoms with Crippen LogP contribution in [0.3, 0.4) is 0 Å². The lowest BCUT2D eigenvalue weighted by molar-refractivity contribution is 0.159. The zero-order valence-corrected chi connectivity index (χ0v) is 10.4. The standard InChI is InChI=1S/C13H16N4O/c1-13(2)6-5-10-7-9(3-4-11(10)18-13)8-16-17-12(14)15/h3-8H,1-2H3,(H4,14,15,17). The molecule has 4 N–H and O–H groups in total. The van der Waals surface area contributed by atoms with E-state index in [-0.39, 0.29) is 11.6 Å². The van der Waals surface area contributed by atoms with Crippen LogP contribution in [0.25, 0.3) is 6.08 Å². The number of ether oxygens (including phenoxy) is 1. The maximum absolute atomic E-state index is 5.82. The Morgan fingerprint density at radius 2 is 2.11 bits per heavy atom. The second-order valence-electron chi connectivity index (χ2n) is 4.61. The van der Waals surface area contributed by atoms with Gasteiger partial charge in [-0.25, -0.2) is 0 Å². The largest absolute Gasteiger partial charge is 0.483 e. The Kier molecular flexibility index (Phi) is 3.06. The Labute approximate surface area is 106 Å². The second kappa shape index (κ2) is 4.52. The van der Waals surface area contributed by atoms with Crippen LogP contribution < -0.4 is 16.2 Å². The van der Waals surface area contributed by atoms with E-state index in [1.807, 2.05) is 44.2 Å². The highest BCUT2D eigenvalue weighted by Crippen LogP contribution is 2.30. The molecule has 0 radical (unpaired) electrons. The Bertz CT molecular complexity index is 540. The van der Waals surface area contributed by atoms with E-state index < -0.39 is 0 Å². The van der Waals surface area contributed by atoms with Crippen molar-refractivity contribution in [3.63, 3.8) is 0 Å². The molecule has 0 fully saturated rings. The molecule has 18 heavy (non-hydrogen) atoms. The molecular formula is C13H16N4O. The first-order valence-corrected chi connectivity index (χ1v) is 5.60. The van der Waals surface area contributed by atoms with Crippen molar-refractivity contribution in [2.75, 3.05) is 0 Å². The molecule has 1 aromatic carbocycles. The SMILES string of the molecule is CC1(C)C=Cc2cc(C=NN=C(N)N)ccc2O1. The molecule has 0 atom stereocenters. The van der Waals surface area contributed by atoms with Gasteiger partial charge in [0.2, 0.25) is 5.96 Å². The van der Waals surface area contributed by atoms with Crippen LogP contribution in [0.1, 0.15) is 25.0 Å². The fraction of sp³-hybridized carbons (Fsp3) is 0.231. The third-order valence-electron chi connectivity index (χ3n) is 2.45. The van der Waals surface area contributed by atoms with Gasteiger partial charge in [0.1, 0.15) is 11.4 Å². The summed E-state index contributed by atoms with van der Waals surface area (Å²) in [4.78, 5) is 0. The zero-order chi connectivity index (χ0) is 13.2. The van der Waals surface area contributed by atoms with Crippen molar-refractivity contribution in [1.29, 1.82) is 0 Å². The summed E-state index contributed by atoms with van der Waals surface area (Å²) in [5, 5.41) is 7.31. The summed E-state index contributed by atoms with van der Waals surface area (Å²) in [7, 11) is 0. The Morgan fingerprint density at radius 1 is 1.33 bits per heavy atom. The third-order valence-corrected chi connectivity index (χ3v) is 2.45. The Hall–Kier alpha value is -2.30. The second-order valence-corrected chi connectivity index (χ2v) is 4.61. The van der Waals surface area contributed by atoms with E-state index in [1.54, 1.807) is 6.21 Å². The summed E-state index contributed by atoms with van der Waals surface area (Å²) in [5.74, 6) is 0.802. The van der Waals surface area contributed by atoms with Crippen LogP contribution in [0.5, 0.6) is 5.75 Å².